The lowest BCUT2D eigenvalue weighted by Gasteiger charge is -2.18. The Balaban J connectivity index is 1.96. The van der Waals surface area contributed by atoms with E-state index in [1.165, 1.54) is 48.5 Å². The van der Waals surface area contributed by atoms with Crippen molar-refractivity contribution < 1.29 is 48.4 Å². The summed E-state index contributed by atoms with van der Waals surface area (Å²) in [7, 11) is 0. The molecule has 0 fully saturated rings. The molecule has 0 saturated heterocycles. The quantitative estimate of drug-likeness (QED) is 0.220. The van der Waals surface area contributed by atoms with Crippen LogP contribution >= 0.6 is 0 Å². The van der Waals surface area contributed by atoms with E-state index in [0.717, 1.165) is 0 Å². The Morgan fingerprint density at radius 3 is 1.86 bits per heavy atom. The van der Waals surface area contributed by atoms with Gasteiger partial charge in [-0.15, -0.1) is 0 Å². The average molecular weight is 490 g/mol. The third-order valence-corrected chi connectivity index (χ3v) is 4.77. The van der Waals surface area contributed by atoms with E-state index in [-0.39, 0.29) is 24.2 Å². The second-order valence-corrected chi connectivity index (χ2v) is 7.40. The summed E-state index contributed by atoms with van der Waals surface area (Å²) in [6.45, 7) is -0.657. The van der Waals surface area contributed by atoms with Crippen molar-refractivity contribution in [3.8, 4) is 5.75 Å². The van der Waals surface area contributed by atoms with Crippen LogP contribution in [-0.4, -0.2) is 57.3 Å². The van der Waals surface area contributed by atoms with Crippen LogP contribution in [0.25, 0.3) is 0 Å². The van der Waals surface area contributed by atoms with Crippen LogP contribution in [0.5, 0.6) is 5.75 Å². The first-order chi connectivity index (χ1) is 16.6. The van der Waals surface area contributed by atoms with Crippen LogP contribution in [0.4, 0.5) is 9.18 Å². The number of rotatable bonds is 12. The first-order valence-corrected chi connectivity index (χ1v) is 10.3. The lowest BCUT2D eigenvalue weighted by Crippen LogP contribution is -2.51. The Morgan fingerprint density at radius 1 is 0.800 bits per heavy atom. The molecule has 2 unspecified atom stereocenters. The molecule has 0 aliphatic heterocycles. The number of benzene rings is 2. The number of hydrogen-bond donors (Lipinski definition) is 5. The predicted octanol–water partition coefficient (Wildman–Crippen LogP) is 1.99. The molecule has 2 aromatic carbocycles. The Hall–Kier alpha value is -4.48. The van der Waals surface area contributed by atoms with Crippen LogP contribution in [0.3, 0.4) is 0 Å². The molecule has 0 spiro atoms. The standard InChI is InChI=1S/C23H23FN2O9/c24-12-14-1-5-15(6-2-14)22(33)35-16-7-3-13(4-8-16)11-18(21(31)32)26-23(34)25-17(20(29)30)9-10-19(27)28/h1-8,17-18H,9-12H2,(H,27,28)(H,29,30)(H,31,32)(H2,25,26,34). The first-order valence-electron chi connectivity index (χ1n) is 10.3. The molecule has 35 heavy (non-hydrogen) atoms. The van der Waals surface area contributed by atoms with Gasteiger partial charge in [0.25, 0.3) is 0 Å². The molecule has 0 saturated carbocycles. The van der Waals surface area contributed by atoms with Gasteiger partial charge in [0.15, 0.2) is 0 Å². The average Bonchev–Trinajstić information content (AvgIpc) is 2.82. The molecule has 2 aromatic rings. The summed E-state index contributed by atoms with van der Waals surface area (Å²) in [6.07, 6.45) is -1.05. The van der Waals surface area contributed by atoms with Gasteiger partial charge >= 0.3 is 29.9 Å². The number of alkyl halides is 1. The molecular weight excluding hydrogens is 467 g/mol. The van der Waals surface area contributed by atoms with Crippen LogP contribution < -0.4 is 15.4 Å². The molecule has 2 rings (SSSR count). The molecule has 186 valence electrons. The van der Waals surface area contributed by atoms with E-state index in [1.54, 1.807) is 0 Å². The highest BCUT2D eigenvalue weighted by molar-refractivity contribution is 5.91. The molecule has 2 atom stereocenters. The minimum absolute atomic E-state index is 0.172. The molecule has 0 bridgehead atoms. The lowest BCUT2D eigenvalue weighted by molar-refractivity contribution is -0.140. The van der Waals surface area contributed by atoms with Gasteiger partial charge in [0, 0.05) is 12.8 Å². The maximum absolute atomic E-state index is 12.6. The Bertz CT molecular complexity index is 1070. The van der Waals surface area contributed by atoms with Crippen molar-refractivity contribution >= 4 is 29.9 Å². The summed E-state index contributed by atoms with van der Waals surface area (Å²) in [5.41, 5.74) is 1.10. The SMILES string of the molecule is O=C(O)CCC(NC(=O)NC(Cc1ccc(OC(=O)c2ccc(CF)cc2)cc1)C(=O)O)C(=O)O. The smallest absolute Gasteiger partial charge is 0.343 e. The Labute approximate surface area is 198 Å². The molecule has 0 heterocycles. The molecule has 0 aliphatic rings. The zero-order chi connectivity index (χ0) is 26.0. The maximum Gasteiger partial charge on any atom is 0.343 e. The molecule has 2 amide bonds. The van der Waals surface area contributed by atoms with E-state index < -0.39 is 55.1 Å². The highest BCUT2D eigenvalue weighted by atomic mass is 19.1. The summed E-state index contributed by atoms with van der Waals surface area (Å²) >= 11 is 0. The van der Waals surface area contributed by atoms with Gasteiger partial charge in [-0.2, -0.15) is 0 Å². The minimum atomic E-state index is -1.51. The van der Waals surface area contributed by atoms with E-state index in [9.17, 15) is 33.5 Å². The topological polar surface area (TPSA) is 179 Å². The predicted molar refractivity (Wildman–Crippen MR) is 118 cm³/mol. The summed E-state index contributed by atoms with van der Waals surface area (Å²) in [5.74, 6) is -4.58. The van der Waals surface area contributed by atoms with Gasteiger partial charge in [0.05, 0.1) is 5.56 Å². The summed E-state index contributed by atoms with van der Waals surface area (Å²) in [6, 6.07) is 7.57. The number of nitrogens with one attached hydrogen (secondary N) is 2. The fourth-order valence-corrected chi connectivity index (χ4v) is 2.91. The van der Waals surface area contributed by atoms with Crippen LogP contribution in [0.1, 0.15) is 34.3 Å². The molecule has 0 radical (unpaired) electrons. The zero-order valence-corrected chi connectivity index (χ0v) is 18.3. The number of aliphatic carboxylic acids is 3. The first kappa shape index (κ1) is 26.8. The maximum atomic E-state index is 12.6. The van der Waals surface area contributed by atoms with Crippen molar-refractivity contribution in [2.24, 2.45) is 0 Å². The van der Waals surface area contributed by atoms with Gasteiger partial charge in [-0.25, -0.2) is 23.6 Å². The number of urea groups is 1. The van der Waals surface area contributed by atoms with Crippen molar-refractivity contribution in [1.29, 1.82) is 0 Å². The van der Waals surface area contributed by atoms with Crippen LogP contribution in [0.2, 0.25) is 0 Å². The lowest BCUT2D eigenvalue weighted by atomic mass is 10.1. The third kappa shape index (κ3) is 8.76. The monoisotopic (exact) mass is 490 g/mol. The molecular formula is C23H23FN2O9. The molecule has 11 nitrogen and oxygen atoms in total. The van der Waals surface area contributed by atoms with Gasteiger partial charge in [0.1, 0.15) is 24.5 Å². The fraction of sp³-hybridized carbons (Fsp3) is 0.261. The zero-order valence-electron chi connectivity index (χ0n) is 18.3. The van der Waals surface area contributed by atoms with E-state index >= 15 is 0 Å². The number of esters is 1. The normalized spacial score (nSPS) is 12.1. The molecule has 12 heteroatoms. The van der Waals surface area contributed by atoms with Crippen LogP contribution in [0, 0.1) is 0 Å². The van der Waals surface area contributed by atoms with E-state index in [4.69, 9.17) is 14.9 Å². The van der Waals surface area contributed by atoms with Gasteiger partial charge < -0.3 is 30.7 Å². The van der Waals surface area contributed by atoms with Gasteiger partial charge in [-0.3, -0.25) is 4.79 Å². The summed E-state index contributed by atoms with van der Waals surface area (Å²) in [4.78, 5) is 57.6. The number of halogens is 1. The van der Waals surface area contributed by atoms with E-state index in [2.05, 4.69) is 5.32 Å². The van der Waals surface area contributed by atoms with E-state index in [1.807, 2.05) is 5.32 Å². The number of amides is 2. The Morgan fingerprint density at radius 2 is 1.34 bits per heavy atom. The van der Waals surface area contributed by atoms with Gasteiger partial charge in [-0.05, 0) is 41.8 Å². The van der Waals surface area contributed by atoms with Crippen molar-refractivity contribution in [2.75, 3.05) is 0 Å². The number of carboxylic acids is 3. The summed E-state index contributed by atoms with van der Waals surface area (Å²) < 4.78 is 17.8. The van der Waals surface area contributed by atoms with Crippen molar-refractivity contribution in [3.63, 3.8) is 0 Å². The fourth-order valence-electron chi connectivity index (χ4n) is 2.91. The molecule has 0 aromatic heterocycles. The highest BCUT2D eigenvalue weighted by Gasteiger charge is 2.25. The minimum Gasteiger partial charge on any atom is -0.481 e. The van der Waals surface area contributed by atoms with Crippen LogP contribution in [-0.2, 0) is 27.5 Å². The molecule has 0 aliphatic carbocycles. The number of hydrogen-bond acceptors (Lipinski definition) is 6. The third-order valence-electron chi connectivity index (χ3n) is 4.77. The van der Waals surface area contributed by atoms with Crippen LogP contribution in [0.15, 0.2) is 48.5 Å². The second kappa shape index (κ2) is 12.7. The number of carbonyl (C=O) groups is 5. The number of carbonyl (C=O) groups excluding carboxylic acids is 2. The second-order valence-electron chi connectivity index (χ2n) is 7.40. The summed E-state index contributed by atoms with van der Waals surface area (Å²) in [5, 5.41) is 31.4. The van der Waals surface area contributed by atoms with Crippen molar-refractivity contribution in [3.05, 3.63) is 65.2 Å². The van der Waals surface area contributed by atoms with E-state index in [0.29, 0.717) is 11.1 Å². The number of ether oxygens (including phenoxy) is 1. The largest absolute Gasteiger partial charge is 0.481 e. The van der Waals surface area contributed by atoms with Crippen molar-refractivity contribution in [1.82, 2.24) is 10.6 Å². The van der Waals surface area contributed by atoms with Gasteiger partial charge in [0.2, 0.25) is 0 Å². The molecule has 5 N–H and O–H groups in total. The highest BCUT2D eigenvalue weighted by Crippen LogP contribution is 2.16. The number of carboxylic acid groups (broad SMARTS) is 3. The van der Waals surface area contributed by atoms with Gasteiger partial charge in [-0.1, -0.05) is 24.3 Å². The Kier molecular flexibility index (Phi) is 9.70. The van der Waals surface area contributed by atoms with Crippen molar-refractivity contribution in [2.45, 2.75) is 38.0 Å².